The fourth-order valence-corrected chi connectivity index (χ4v) is 1.52. The molecule has 1 aromatic carbocycles. The lowest BCUT2D eigenvalue weighted by Crippen LogP contribution is -2.09. The van der Waals surface area contributed by atoms with Gasteiger partial charge in [-0.15, -0.1) is 0 Å². The third-order valence-electron chi connectivity index (χ3n) is 2.72. The summed E-state index contributed by atoms with van der Waals surface area (Å²) in [5, 5.41) is 2.85. The lowest BCUT2D eigenvalue weighted by Gasteiger charge is -2.17. The SMILES string of the molecule is CCC(=O)Nc1ccc(CCC(C)(C)C)cc1. The maximum absolute atomic E-state index is 11.2. The molecule has 2 heteroatoms. The molecule has 0 aliphatic rings. The molecule has 0 saturated carbocycles. The zero-order valence-electron chi connectivity index (χ0n) is 11.3. The number of benzene rings is 1. The summed E-state index contributed by atoms with van der Waals surface area (Å²) in [5.41, 5.74) is 2.58. The monoisotopic (exact) mass is 233 g/mol. The number of hydrogen-bond acceptors (Lipinski definition) is 1. The number of carbonyl (C=O) groups is 1. The first-order chi connectivity index (χ1) is 7.90. The van der Waals surface area contributed by atoms with Crippen LogP contribution in [-0.2, 0) is 11.2 Å². The van der Waals surface area contributed by atoms with Crippen LogP contribution >= 0.6 is 0 Å². The minimum absolute atomic E-state index is 0.0624. The molecule has 1 amide bonds. The van der Waals surface area contributed by atoms with Gasteiger partial charge in [-0.25, -0.2) is 0 Å². The molecule has 0 aromatic heterocycles. The number of hydrogen-bond donors (Lipinski definition) is 1. The van der Waals surface area contributed by atoms with E-state index in [0.29, 0.717) is 11.8 Å². The zero-order valence-corrected chi connectivity index (χ0v) is 11.3. The molecule has 1 N–H and O–H groups in total. The Labute approximate surface area is 104 Å². The van der Waals surface area contributed by atoms with Crippen LogP contribution in [0, 0.1) is 5.41 Å². The molecule has 2 nitrogen and oxygen atoms in total. The fraction of sp³-hybridized carbons (Fsp3) is 0.533. The molecular formula is C15H23NO. The first-order valence-electron chi connectivity index (χ1n) is 6.29. The van der Waals surface area contributed by atoms with Crippen LogP contribution in [0.1, 0.15) is 46.1 Å². The molecule has 0 aliphatic carbocycles. The molecule has 0 bridgehead atoms. The third-order valence-corrected chi connectivity index (χ3v) is 2.72. The summed E-state index contributed by atoms with van der Waals surface area (Å²) in [6.07, 6.45) is 2.78. The number of rotatable bonds is 4. The highest BCUT2D eigenvalue weighted by molar-refractivity contribution is 5.90. The molecule has 0 heterocycles. The predicted molar refractivity (Wildman–Crippen MR) is 73.1 cm³/mol. The molecule has 0 atom stereocenters. The minimum Gasteiger partial charge on any atom is -0.326 e. The van der Waals surface area contributed by atoms with Gasteiger partial charge in [0.15, 0.2) is 0 Å². The summed E-state index contributed by atoms with van der Waals surface area (Å²) >= 11 is 0. The molecule has 0 radical (unpaired) electrons. The summed E-state index contributed by atoms with van der Waals surface area (Å²) in [6.45, 7) is 8.61. The van der Waals surface area contributed by atoms with E-state index in [4.69, 9.17) is 0 Å². The molecular weight excluding hydrogens is 210 g/mol. The van der Waals surface area contributed by atoms with Crippen LogP contribution in [0.5, 0.6) is 0 Å². The van der Waals surface area contributed by atoms with E-state index in [0.717, 1.165) is 12.1 Å². The Morgan fingerprint density at radius 1 is 1.18 bits per heavy atom. The third kappa shape index (κ3) is 5.53. The minimum atomic E-state index is 0.0624. The topological polar surface area (TPSA) is 29.1 Å². The van der Waals surface area contributed by atoms with E-state index in [1.165, 1.54) is 12.0 Å². The maximum atomic E-state index is 11.2. The van der Waals surface area contributed by atoms with E-state index in [1.54, 1.807) is 0 Å². The smallest absolute Gasteiger partial charge is 0.224 e. The van der Waals surface area contributed by atoms with E-state index in [1.807, 2.05) is 19.1 Å². The second kappa shape index (κ2) is 5.85. The molecule has 0 fully saturated rings. The fourth-order valence-electron chi connectivity index (χ4n) is 1.52. The van der Waals surface area contributed by atoms with Crippen molar-refractivity contribution >= 4 is 11.6 Å². The van der Waals surface area contributed by atoms with E-state index in [9.17, 15) is 4.79 Å². The molecule has 94 valence electrons. The highest BCUT2D eigenvalue weighted by Gasteiger charge is 2.09. The van der Waals surface area contributed by atoms with Crippen LogP contribution < -0.4 is 5.32 Å². The Balaban J connectivity index is 2.53. The van der Waals surface area contributed by atoms with E-state index < -0.39 is 0 Å². The molecule has 0 spiro atoms. The molecule has 1 aromatic rings. The summed E-state index contributed by atoms with van der Waals surface area (Å²) < 4.78 is 0. The van der Waals surface area contributed by atoms with Crippen LogP contribution in [0.25, 0.3) is 0 Å². The molecule has 0 saturated heterocycles. The second-order valence-electron chi connectivity index (χ2n) is 5.66. The van der Waals surface area contributed by atoms with Gasteiger partial charge in [0.2, 0.25) is 5.91 Å². The number of anilines is 1. The van der Waals surface area contributed by atoms with Crippen molar-refractivity contribution in [2.24, 2.45) is 5.41 Å². The Morgan fingerprint density at radius 3 is 2.24 bits per heavy atom. The van der Waals surface area contributed by atoms with Crippen molar-refractivity contribution in [3.63, 3.8) is 0 Å². The van der Waals surface area contributed by atoms with E-state index in [2.05, 4.69) is 38.2 Å². The summed E-state index contributed by atoms with van der Waals surface area (Å²) in [4.78, 5) is 11.2. The van der Waals surface area contributed by atoms with Crippen molar-refractivity contribution in [1.29, 1.82) is 0 Å². The van der Waals surface area contributed by atoms with Gasteiger partial charge in [-0.2, -0.15) is 0 Å². The van der Waals surface area contributed by atoms with Crippen LogP contribution in [0.2, 0.25) is 0 Å². The Morgan fingerprint density at radius 2 is 1.76 bits per heavy atom. The van der Waals surface area contributed by atoms with Crippen LogP contribution in [-0.4, -0.2) is 5.91 Å². The Kier molecular flexibility index (Phi) is 4.73. The summed E-state index contributed by atoms with van der Waals surface area (Å²) in [5.74, 6) is 0.0624. The zero-order chi connectivity index (χ0) is 12.9. The van der Waals surface area contributed by atoms with Crippen molar-refractivity contribution in [1.82, 2.24) is 0 Å². The van der Waals surface area contributed by atoms with Gasteiger partial charge >= 0.3 is 0 Å². The highest BCUT2D eigenvalue weighted by Crippen LogP contribution is 2.22. The Bertz CT molecular complexity index is 360. The average molecular weight is 233 g/mol. The van der Waals surface area contributed by atoms with Gasteiger partial charge in [0, 0.05) is 12.1 Å². The van der Waals surface area contributed by atoms with Gasteiger partial charge in [0.1, 0.15) is 0 Å². The van der Waals surface area contributed by atoms with Crippen LogP contribution in [0.4, 0.5) is 5.69 Å². The molecule has 17 heavy (non-hydrogen) atoms. The van der Waals surface area contributed by atoms with Crippen molar-refractivity contribution in [3.8, 4) is 0 Å². The number of aryl methyl sites for hydroxylation is 1. The van der Waals surface area contributed by atoms with Gasteiger partial charge in [-0.3, -0.25) is 4.79 Å². The van der Waals surface area contributed by atoms with Gasteiger partial charge in [0.25, 0.3) is 0 Å². The highest BCUT2D eigenvalue weighted by atomic mass is 16.1. The number of nitrogens with one attached hydrogen (secondary N) is 1. The first-order valence-corrected chi connectivity index (χ1v) is 6.29. The molecule has 0 aliphatic heterocycles. The van der Waals surface area contributed by atoms with Gasteiger partial charge < -0.3 is 5.32 Å². The van der Waals surface area contributed by atoms with Crippen molar-refractivity contribution < 1.29 is 4.79 Å². The van der Waals surface area contributed by atoms with Crippen LogP contribution in [0.15, 0.2) is 24.3 Å². The molecule has 0 unspecified atom stereocenters. The normalized spacial score (nSPS) is 11.3. The Hall–Kier alpha value is -1.31. The average Bonchev–Trinajstić information content (AvgIpc) is 2.27. The lowest BCUT2D eigenvalue weighted by molar-refractivity contribution is -0.115. The van der Waals surface area contributed by atoms with Gasteiger partial charge in [-0.1, -0.05) is 39.8 Å². The van der Waals surface area contributed by atoms with E-state index in [-0.39, 0.29) is 5.91 Å². The van der Waals surface area contributed by atoms with Gasteiger partial charge in [-0.05, 0) is 36.0 Å². The van der Waals surface area contributed by atoms with Gasteiger partial charge in [0.05, 0.1) is 0 Å². The number of carbonyl (C=O) groups excluding carboxylic acids is 1. The standard InChI is InChI=1S/C15H23NO/c1-5-14(17)16-13-8-6-12(7-9-13)10-11-15(2,3)4/h6-9H,5,10-11H2,1-4H3,(H,16,17). The second-order valence-corrected chi connectivity index (χ2v) is 5.66. The van der Waals surface area contributed by atoms with Crippen molar-refractivity contribution in [2.75, 3.05) is 5.32 Å². The van der Waals surface area contributed by atoms with Crippen molar-refractivity contribution in [3.05, 3.63) is 29.8 Å². The number of amides is 1. The van der Waals surface area contributed by atoms with E-state index >= 15 is 0 Å². The quantitative estimate of drug-likeness (QED) is 0.836. The van der Waals surface area contributed by atoms with Crippen LogP contribution in [0.3, 0.4) is 0 Å². The lowest BCUT2D eigenvalue weighted by atomic mass is 9.89. The predicted octanol–water partition coefficient (Wildman–Crippen LogP) is 4.01. The summed E-state index contributed by atoms with van der Waals surface area (Å²) in [7, 11) is 0. The van der Waals surface area contributed by atoms with Crippen molar-refractivity contribution in [2.45, 2.75) is 47.0 Å². The first kappa shape index (κ1) is 13.8. The molecule has 1 rings (SSSR count). The largest absolute Gasteiger partial charge is 0.326 e. The maximum Gasteiger partial charge on any atom is 0.224 e. The summed E-state index contributed by atoms with van der Waals surface area (Å²) in [6, 6.07) is 8.14.